The predicted octanol–water partition coefficient (Wildman–Crippen LogP) is 13.4. The molecule has 0 amide bonds. The number of aromatic hydroxyl groups is 1. The summed E-state index contributed by atoms with van der Waals surface area (Å²) >= 11 is 0. The Hall–Kier alpha value is -6.26. The first kappa shape index (κ1) is 21.6. The van der Waals surface area contributed by atoms with Crippen molar-refractivity contribution in [2.45, 2.75) is 59.0 Å². The van der Waals surface area contributed by atoms with E-state index in [1.165, 1.54) is 18.3 Å². The lowest BCUT2D eigenvalue weighted by Gasteiger charge is -2.22. The molecule has 2 heterocycles. The van der Waals surface area contributed by atoms with Crippen LogP contribution < -0.4 is 0 Å². The van der Waals surface area contributed by atoms with Gasteiger partial charge in [0.15, 0.2) is 0 Å². The lowest BCUT2D eigenvalue weighted by Crippen LogP contribution is -2.11. The van der Waals surface area contributed by atoms with Gasteiger partial charge in [-0.2, -0.15) is 0 Å². The lowest BCUT2D eigenvalue weighted by molar-refractivity contribution is 0.477. The van der Waals surface area contributed by atoms with Gasteiger partial charge < -0.3 is 5.11 Å². The fourth-order valence-electron chi connectivity index (χ4n) is 6.73. The van der Waals surface area contributed by atoms with E-state index in [0.29, 0.717) is 56.1 Å². The maximum atomic E-state index is 11.3. The van der Waals surface area contributed by atoms with E-state index in [-0.39, 0.29) is 22.4 Å². The van der Waals surface area contributed by atoms with Gasteiger partial charge in [0.05, 0.1) is 27.8 Å². The number of benzene rings is 6. The SMILES string of the molecule is [2H]c1c([2H])c(C(C([2H])([2H])[2H])(C([2H])([2H])[2H])C([2H])([2H])[2H])c([2H])c([2H])c1-c1ccnc(-c2cc(-c3cccc4c3nc(-c3ccccc3O)n4-c3ccc(-c4ccccc4)c(C([2H])([2H])[2H])c3)cc(C(C)(C)C)c2)c1. The molecule has 8 aromatic rings. The highest BCUT2D eigenvalue weighted by molar-refractivity contribution is 5.97. The fourth-order valence-corrected chi connectivity index (χ4v) is 6.73. The molecule has 8 rings (SSSR count). The van der Waals surface area contributed by atoms with Crippen molar-refractivity contribution in [1.29, 1.82) is 0 Å². The predicted molar refractivity (Wildman–Crippen MR) is 230 cm³/mol. The molecule has 0 saturated carbocycles. The van der Waals surface area contributed by atoms with Crippen LogP contribution in [-0.2, 0) is 10.8 Å². The number of imidazole rings is 1. The van der Waals surface area contributed by atoms with Crippen molar-refractivity contribution in [3.05, 3.63) is 168 Å². The van der Waals surface area contributed by atoms with Gasteiger partial charge in [-0.05, 0) is 117 Å². The first-order valence-corrected chi connectivity index (χ1v) is 17.7. The third kappa shape index (κ3) is 6.97. The summed E-state index contributed by atoms with van der Waals surface area (Å²) < 4.78 is 137. The lowest BCUT2D eigenvalue weighted by atomic mass is 9.83. The van der Waals surface area contributed by atoms with Gasteiger partial charge in [-0.15, -0.1) is 0 Å². The smallest absolute Gasteiger partial charge is 0.149 e. The van der Waals surface area contributed by atoms with Gasteiger partial charge >= 0.3 is 0 Å². The highest BCUT2D eigenvalue weighted by Gasteiger charge is 2.23. The van der Waals surface area contributed by atoms with Crippen LogP contribution in [0.1, 0.15) is 79.9 Å². The third-order valence-corrected chi connectivity index (χ3v) is 9.63. The summed E-state index contributed by atoms with van der Waals surface area (Å²) in [6.45, 7) is -7.89. The number of nitrogens with zero attached hydrogens (tertiary/aromatic N) is 3. The standard InChI is InChI=1S/C51H47N3O/c1-33-28-41(24-25-42(33)35-14-9-8-10-15-35)54-46-18-13-17-43(48(46)53-49(54)44-16-11-12-19-47(44)55)37-29-38(31-40(30-37)51(5,6)7)45-32-36(26-27-52-45)34-20-22-39(23-21-34)50(2,3)4/h8-32,55H,1-7H3/i1D3,2D3,3D3,4D3,20D,21D,22D,23D. The minimum Gasteiger partial charge on any atom is -0.507 e. The molecule has 0 unspecified atom stereocenters. The normalized spacial score (nSPS) is 17.1. The Balaban J connectivity index is 1.34. The highest BCUT2D eigenvalue weighted by atomic mass is 16.3. The number of para-hydroxylation sites is 2. The number of phenols is 1. The van der Waals surface area contributed by atoms with E-state index in [1.807, 2.05) is 98.1 Å². The largest absolute Gasteiger partial charge is 0.507 e. The van der Waals surface area contributed by atoms with Crippen LogP contribution >= 0.6 is 0 Å². The van der Waals surface area contributed by atoms with Gasteiger partial charge in [0.2, 0.25) is 0 Å². The van der Waals surface area contributed by atoms with Crippen LogP contribution in [0.15, 0.2) is 152 Å². The number of rotatable bonds is 6. The molecular weight excluding hydrogens is 671 g/mol. The summed E-state index contributed by atoms with van der Waals surface area (Å²) in [6.07, 6.45) is 1.39. The second kappa shape index (κ2) is 13.9. The number of phenolic OH excluding ortho intramolecular Hbond substituents is 1. The summed E-state index contributed by atoms with van der Waals surface area (Å²) in [6, 6.07) is 31.6. The molecule has 55 heavy (non-hydrogen) atoms. The van der Waals surface area contributed by atoms with Crippen molar-refractivity contribution in [2.75, 3.05) is 0 Å². The molecule has 4 nitrogen and oxygen atoms in total. The van der Waals surface area contributed by atoms with Crippen LogP contribution in [0.2, 0.25) is 0 Å². The Morgan fingerprint density at radius 3 is 2.09 bits per heavy atom. The Kier molecular flexibility index (Phi) is 5.44. The maximum absolute atomic E-state index is 11.3. The number of hydrogen-bond donors (Lipinski definition) is 1. The molecule has 0 spiro atoms. The molecule has 272 valence electrons. The average Bonchev–Trinajstić information content (AvgIpc) is 3.68. The van der Waals surface area contributed by atoms with Crippen LogP contribution in [-0.4, -0.2) is 19.6 Å². The van der Waals surface area contributed by atoms with E-state index < -0.39 is 68.0 Å². The van der Waals surface area contributed by atoms with Crippen LogP contribution in [0.4, 0.5) is 0 Å². The topological polar surface area (TPSA) is 50.9 Å². The number of aromatic nitrogens is 3. The first-order valence-electron chi connectivity index (χ1n) is 25.7. The third-order valence-electron chi connectivity index (χ3n) is 9.63. The molecule has 0 bridgehead atoms. The van der Waals surface area contributed by atoms with Gasteiger partial charge in [-0.25, -0.2) is 4.98 Å². The highest BCUT2D eigenvalue weighted by Crippen LogP contribution is 2.40. The van der Waals surface area contributed by atoms with Crippen molar-refractivity contribution in [3.8, 4) is 67.5 Å². The Morgan fingerprint density at radius 1 is 0.600 bits per heavy atom. The van der Waals surface area contributed by atoms with E-state index >= 15 is 0 Å². The Bertz CT molecular complexity index is 3300. The van der Waals surface area contributed by atoms with Crippen LogP contribution in [0.3, 0.4) is 0 Å². The van der Waals surface area contributed by atoms with Gasteiger partial charge in [0, 0.05) is 39.5 Å². The molecule has 0 aliphatic rings. The molecule has 2 aromatic heterocycles. The van der Waals surface area contributed by atoms with Crippen molar-refractivity contribution < 1.29 is 27.0 Å². The zero-order valence-electron chi connectivity index (χ0n) is 46.4. The molecule has 1 N–H and O–H groups in total. The Labute approximate surface area is 347 Å². The molecule has 4 heteroatoms. The summed E-state index contributed by atoms with van der Waals surface area (Å²) in [5, 5.41) is 11.3. The number of hydrogen-bond acceptors (Lipinski definition) is 3. The molecule has 0 aliphatic heterocycles. The van der Waals surface area contributed by atoms with E-state index in [9.17, 15) is 5.11 Å². The van der Waals surface area contributed by atoms with Crippen molar-refractivity contribution in [3.63, 3.8) is 0 Å². The molecule has 6 aromatic carbocycles. The number of pyridine rings is 1. The quantitative estimate of drug-likeness (QED) is 0.185. The monoisotopic (exact) mass is 733 g/mol. The number of aryl methyl sites for hydroxylation is 1. The minimum absolute atomic E-state index is 0.0481. The molecule has 0 radical (unpaired) electrons. The first-order chi connectivity index (χ1) is 33.0. The van der Waals surface area contributed by atoms with E-state index in [4.69, 9.17) is 26.9 Å². The van der Waals surface area contributed by atoms with Crippen molar-refractivity contribution >= 4 is 11.0 Å². The second-order valence-corrected chi connectivity index (χ2v) is 14.5. The molecule has 0 fully saturated rings. The van der Waals surface area contributed by atoms with Crippen molar-refractivity contribution in [1.82, 2.24) is 14.5 Å². The fraction of sp³-hybridized carbons (Fsp3) is 0.176. The average molecular weight is 734 g/mol. The molecule has 0 atom stereocenters. The zero-order chi connectivity index (χ0) is 52.0. The summed E-state index contributed by atoms with van der Waals surface area (Å²) in [7, 11) is 0. The van der Waals surface area contributed by atoms with Crippen molar-refractivity contribution in [2.24, 2.45) is 0 Å². The van der Waals surface area contributed by atoms with Crippen LogP contribution in [0, 0.1) is 6.85 Å². The van der Waals surface area contributed by atoms with E-state index in [2.05, 4.69) is 4.98 Å². The summed E-state index contributed by atoms with van der Waals surface area (Å²) in [5.74, 6) is 0.295. The van der Waals surface area contributed by atoms with Crippen LogP contribution in [0.5, 0.6) is 5.75 Å². The zero-order valence-corrected chi connectivity index (χ0v) is 30.4. The van der Waals surface area contributed by atoms with Gasteiger partial charge in [-0.3, -0.25) is 9.55 Å². The van der Waals surface area contributed by atoms with Crippen LogP contribution in [0.25, 0.3) is 72.7 Å². The van der Waals surface area contributed by atoms with Gasteiger partial charge in [0.25, 0.3) is 0 Å². The maximum Gasteiger partial charge on any atom is 0.149 e. The minimum atomic E-state index is -3.82. The second-order valence-electron chi connectivity index (χ2n) is 14.5. The molecular formula is C51H47N3O. The summed E-state index contributed by atoms with van der Waals surface area (Å²) in [5.41, 5.74) is 0.766. The molecule has 0 aliphatic carbocycles. The van der Waals surface area contributed by atoms with Gasteiger partial charge in [-0.1, -0.05) is 132 Å². The summed E-state index contributed by atoms with van der Waals surface area (Å²) in [4.78, 5) is 9.83. The van der Waals surface area contributed by atoms with Gasteiger partial charge in [0.1, 0.15) is 11.6 Å². The number of fused-ring (bicyclic) bond motifs is 1. The van der Waals surface area contributed by atoms with E-state index in [1.54, 1.807) is 36.4 Å². The van der Waals surface area contributed by atoms with E-state index in [0.717, 1.165) is 11.1 Å². The Morgan fingerprint density at radius 2 is 1.35 bits per heavy atom. The molecule has 0 saturated heterocycles.